The molecule has 0 spiro atoms. The fourth-order valence-corrected chi connectivity index (χ4v) is 2.80. The third-order valence-electron chi connectivity index (χ3n) is 2.79. The topological polar surface area (TPSA) is 102 Å². The van der Waals surface area contributed by atoms with Crippen molar-refractivity contribution in [3.8, 4) is 0 Å². The summed E-state index contributed by atoms with van der Waals surface area (Å²) in [5.74, 6) is -2.88. The number of benzene rings is 1. The molecule has 0 aliphatic rings. The van der Waals surface area contributed by atoms with Gasteiger partial charge in [-0.25, -0.2) is 21.9 Å². The minimum Gasteiger partial charge on any atom is -0.399 e. The first kappa shape index (κ1) is 17.8. The van der Waals surface area contributed by atoms with E-state index < -0.39 is 32.2 Å². The van der Waals surface area contributed by atoms with Crippen molar-refractivity contribution in [2.75, 3.05) is 26.0 Å². The standard InChI is InChI=1S/C12H18F2N2O4S/c1-12(17,3-4-20-2)7-16-21(18,19)10-6-8(15)5-9(13)11(10)14/h5-6,16-17H,3-4,7,15H2,1-2H3. The summed E-state index contributed by atoms with van der Waals surface area (Å²) in [6.45, 7) is 1.23. The molecule has 1 aromatic rings. The number of nitrogen functional groups attached to an aromatic ring is 1. The highest BCUT2D eigenvalue weighted by molar-refractivity contribution is 7.89. The first-order chi connectivity index (χ1) is 9.59. The van der Waals surface area contributed by atoms with Crippen molar-refractivity contribution in [1.29, 1.82) is 0 Å². The van der Waals surface area contributed by atoms with Crippen LogP contribution in [0.5, 0.6) is 0 Å². The fraction of sp³-hybridized carbons (Fsp3) is 0.500. The Morgan fingerprint density at radius 3 is 2.62 bits per heavy atom. The maximum absolute atomic E-state index is 13.6. The first-order valence-electron chi connectivity index (χ1n) is 6.04. The lowest BCUT2D eigenvalue weighted by molar-refractivity contribution is 0.0292. The van der Waals surface area contributed by atoms with Gasteiger partial charge in [0.05, 0.1) is 5.60 Å². The second kappa shape index (κ2) is 6.65. The van der Waals surface area contributed by atoms with Crippen LogP contribution in [0.25, 0.3) is 0 Å². The van der Waals surface area contributed by atoms with Gasteiger partial charge in [0.15, 0.2) is 11.6 Å². The monoisotopic (exact) mass is 324 g/mol. The van der Waals surface area contributed by atoms with Crippen LogP contribution in [0, 0.1) is 11.6 Å². The first-order valence-corrected chi connectivity index (χ1v) is 7.53. The van der Waals surface area contributed by atoms with Gasteiger partial charge in [0.25, 0.3) is 0 Å². The maximum Gasteiger partial charge on any atom is 0.243 e. The van der Waals surface area contributed by atoms with Crippen LogP contribution in [0.15, 0.2) is 17.0 Å². The van der Waals surface area contributed by atoms with Crippen LogP contribution in [0.1, 0.15) is 13.3 Å². The van der Waals surface area contributed by atoms with Gasteiger partial charge in [0.2, 0.25) is 10.0 Å². The van der Waals surface area contributed by atoms with Crippen molar-refractivity contribution in [3.05, 3.63) is 23.8 Å². The molecular formula is C12H18F2N2O4S. The van der Waals surface area contributed by atoms with Crippen LogP contribution in [0.4, 0.5) is 14.5 Å². The molecule has 0 heterocycles. The summed E-state index contributed by atoms with van der Waals surface area (Å²) in [6.07, 6.45) is 0.166. The number of sulfonamides is 1. The summed E-state index contributed by atoms with van der Waals surface area (Å²) < 4.78 is 57.5. The second-order valence-electron chi connectivity index (χ2n) is 4.88. The minimum absolute atomic E-state index is 0.166. The predicted octanol–water partition coefficient (Wildman–Crippen LogP) is 0.613. The van der Waals surface area contributed by atoms with Crippen LogP contribution in [-0.2, 0) is 14.8 Å². The quantitative estimate of drug-likeness (QED) is 0.638. The Bertz CT molecular complexity index is 606. The van der Waals surface area contributed by atoms with E-state index >= 15 is 0 Å². The van der Waals surface area contributed by atoms with E-state index in [1.54, 1.807) is 0 Å². The largest absolute Gasteiger partial charge is 0.399 e. The highest BCUT2D eigenvalue weighted by Crippen LogP contribution is 2.21. The van der Waals surface area contributed by atoms with E-state index in [0.717, 1.165) is 6.07 Å². The molecule has 0 aliphatic carbocycles. The number of rotatable bonds is 7. The van der Waals surface area contributed by atoms with E-state index in [1.807, 2.05) is 4.72 Å². The number of methoxy groups -OCH3 is 1. The predicted molar refractivity (Wildman–Crippen MR) is 73.1 cm³/mol. The van der Waals surface area contributed by atoms with Crippen molar-refractivity contribution in [2.45, 2.75) is 23.8 Å². The molecule has 0 fully saturated rings. The van der Waals surface area contributed by atoms with Crippen molar-refractivity contribution in [3.63, 3.8) is 0 Å². The number of aliphatic hydroxyl groups is 1. The van der Waals surface area contributed by atoms with Gasteiger partial charge in [-0.3, -0.25) is 0 Å². The Morgan fingerprint density at radius 1 is 1.43 bits per heavy atom. The highest BCUT2D eigenvalue weighted by atomic mass is 32.2. The normalized spacial score (nSPS) is 14.9. The molecule has 1 rings (SSSR count). The van der Waals surface area contributed by atoms with Crippen molar-refractivity contribution < 1.29 is 27.0 Å². The average molecular weight is 324 g/mol. The fourth-order valence-electron chi connectivity index (χ4n) is 1.52. The van der Waals surface area contributed by atoms with E-state index in [0.29, 0.717) is 6.07 Å². The van der Waals surface area contributed by atoms with Crippen LogP contribution in [0.3, 0.4) is 0 Å². The average Bonchev–Trinajstić information content (AvgIpc) is 2.38. The van der Waals surface area contributed by atoms with Gasteiger partial charge in [-0.2, -0.15) is 0 Å². The van der Waals surface area contributed by atoms with E-state index in [4.69, 9.17) is 10.5 Å². The molecule has 120 valence electrons. The van der Waals surface area contributed by atoms with Gasteiger partial charge in [0.1, 0.15) is 4.90 Å². The Hall–Kier alpha value is -1.29. The molecule has 4 N–H and O–H groups in total. The smallest absolute Gasteiger partial charge is 0.243 e. The minimum atomic E-state index is -4.34. The van der Waals surface area contributed by atoms with E-state index in [1.165, 1.54) is 14.0 Å². The number of halogens is 2. The van der Waals surface area contributed by atoms with Gasteiger partial charge in [-0.15, -0.1) is 0 Å². The van der Waals surface area contributed by atoms with Crippen LogP contribution >= 0.6 is 0 Å². The molecule has 6 nitrogen and oxygen atoms in total. The number of anilines is 1. The zero-order valence-electron chi connectivity index (χ0n) is 11.7. The number of nitrogens with one attached hydrogen (secondary N) is 1. The van der Waals surface area contributed by atoms with Crippen LogP contribution < -0.4 is 10.5 Å². The van der Waals surface area contributed by atoms with E-state index in [9.17, 15) is 22.3 Å². The third kappa shape index (κ3) is 4.88. The van der Waals surface area contributed by atoms with Gasteiger partial charge >= 0.3 is 0 Å². The Labute approximate surface area is 122 Å². The molecule has 21 heavy (non-hydrogen) atoms. The molecule has 0 aliphatic heterocycles. The van der Waals surface area contributed by atoms with Crippen LogP contribution in [-0.4, -0.2) is 39.4 Å². The Balaban J connectivity index is 2.93. The van der Waals surface area contributed by atoms with Gasteiger partial charge in [-0.05, 0) is 19.1 Å². The zero-order valence-corrected chi connectivity index (χ0v) is 12.5. The number of ether oxygens (including phenoxy) is 1. The summed E-state index contributed by atoms with van der Waals surface area (Å²) in [6, 6.07) is 1.49. The van der Waals surface area contributed by atoms with Crippen molar-refractivity contribution in [1.82, 2.24) is 4.72 Å². The van der Waals surface area contributed by atoms with Gasteiger partial charge in [0, 0.05) is 32.4 Å². The molecule has 0 bridgehead atoms. The zero-order chi connectivity index (χ0) is 16.3. The SMILES string of the molecule is COCCC(C)(O)CNS(=O)(=O)c1cc(N)cc(F)c1F. The number of hydrogen-bond donors (Lipinski definition) is 3. The molecule has 1 unspecified atom stereocenters. The van der Waals surface area contributed by atoms with Crippen LogP contribution in [0.2, 0.25) is 0 Å². The lowest BCUT2D eigenvalue weighted by Crippen LogP contribution is -2.41. The molecule has 0 radical (unpaired) electrons. The molecule has 1 atom stereocenters. The van der Waals surface area contributed by atoms with Crippen molar-refractivity contribution in [2.24, 2.45) is 0 Å². The van der Waals surface area contributed by atoms with E-state index in [-0.39, 0.29) is 25.3 Å². The third-order valence-corrected chi connectivity index (χ3v) is 4.19. The summed E-state index contributed by atoms with van der Waals surface area (Å²) in [5, 5.41) is 9.93. The highest BCUT2D eigenvalue weighted by Gasteiger charge is 2.27. The molecule has 0 aromatic heterocycles. The lowest BCUT2D eigenvalue weighted by Gasteiger charge is -2.23. The Kier molecular flexibility index (Phi) is 5.62. The summed E-state index contributed by atoms with van der Waals surface area (Å²) in [7, 11) is -2.90. The molecule has 0 amide bonds. The number of hydrogen-bond acceptors (Lipinski definition) is 5. The molecule has 0 saturated heterocycles. The molecule has 1 aromatic carbocycles. The second-order valence-corrected chi connectivity index (χ2v) is 6.61. The molecule has 9 heteroatoms. The lowest BCUT2D eigenvalue weighted by atomic mass is 10.0. The molecular weight excluding hydrogens is 306 g/mol. The summed E-state index contributed by atoms with van der Waals surface area (Å²) >= 11 is 0. The molecule has 0 saturated carbocycles. The van der Waals surface area contributed by atoms with Gasteiger partial charge in [-0.1, -0.05) is 0 Å². The maximum atomic E-state index is 13.6. The van der Waals surface area contributed by atoms with Crippen molar-refractivity contribution >= 4 is 15.7 Å². The van der Waals surface area contributed by atoms with E-state index in [2.05, 4.69) is 0 Å². The Morgan fingerprint density at radius 2 is 2.05 bits per heavy atom. The summed E-state index contributed by atoms with van der Waals surface area (Å²) in [5.41, 5.74) is 3.70. The van der Waals surface area contributed by atoms with Gasteiger partial charge < -0.3 is 15.6 Å². The number of nitrogens with two attached hydrogens (primary N) is 1. The summed E-state index contributed by atoms with van der Waals surface area (Å²) in [4.78, 5) is -0.900.